The van der Waals surface area contributed by atoms with Crippen molar-refractivity contribution in [1.82, 2.24) is 0 Å². The maximum atomic E-state index is 4.18. The van der Waals surface area contributed by atoms with E-state index in [1.165, 1.54) is 56.9 Å². The second-order valence-corrected chi connectivity index (χ2v) is 4.40. The fourth-order valence-electron chi connectivity index (χ4n) is 1.95. The predicted molar refractivity (Wildman–Crippen MR) is 64.0 cm³/mol. The van der Waals surface area contributed by atoms with Crippen LogP contribution >= 0.6 is 0 Å². The lowest BCUT2D eigenvalue weighted by molar-refractivity contribution is 0.357. The van der Waals surface area contributed by atoms with Gasteiger partial charge in [0, 0.05) is 6.54 Å². The summed E-state index contributed by atoms with van der Waals surface area (Å²) in [6.07, 6.45) is 10.7. The van der Waals surface area contributed by atoms with Crippen LogP contribution in [0, 0.1) is 5.92 Å². The average Bonchev–Trinajstić information content (AvgIpc) is 2.08. The number of rotatable bonds is 8. The number of hydrogen-bond donors (Lipinski definition) is 0. The zero-order valence-electron chi connectivity index (χ0n) is 9.30. The van der Waals surface area contributed by atoms with E-state index in [-0.39, 0.29) is 0 Å². The van der Waals surface area contributed by atoms with Gasteiger partial charge >= 0.3 is 0 Å². The van der Waals surface area contributed by atoms with Crippen molar-refractivity contribution in [2.24, 2.45) is 10.9 Å². The van der Waals surface area contributed by atoms with E-state index in [4.69, 9.17) is 0 Å². The van der Waals surface area contributed by atoms with Gasteiger partial charge in [-0.3, -0.25) is 0 Å². The van der Waals surface area contributed by atoms with Crippen molar-refractivity contribution < 1.29 is 0 Å². The molecular weight excluding hydrogens is 170 g/mol. The normalized spacial score (nSPS) is 16.3. The molecule has 80 valence electrons. The van der Waals surface area contributed by atoms with Gasteiger partial charge in [-0.25, -0.2) is 0 Å². The van der Waals surface area contributed by atoms with Crippen LogP contribution in [0.25, 0.3) is 0 Å². The van der Waals surface area contributed by atoms with Crippen LogP contribution in [-0.4, -0.2) is 13.3 Å². The molecule has 0 spiro atoms. The first kappa shape index (κ1) is 11.5. The first-order chi connectivity index (χ1) is 6.84. The van der Waals surface area contributed by atoms with E-state index in [1.54, 1.807) is 0 Å². The van der Waals surface area contributed by atoms with Crippen molar-refractivity contribution >= 4 is 6.72 Å². The molecule has 1 saturated carbocycles. The van der Waals surface area contributed by atoms with Crippen LogP contribution < -0.4 is 0 Å². The van der Waals surface area contributed by atoms with Crippen molar-refractivity contribution in [1.29, 1.82) is 0 Å². The highest BCUT2D eigenvalue weighted by atomic mass is 14.7. The number of unbranched alkanes of at least 4 members (excludes halogenated alkanes) is 3. The lowest BCUT2D eigenvalue weighted by Crippen LogP contribution is -2.12. The Kier molecular flexibility index (Phi) is 5.58. The highest BCUT2D eigenvalue weighted by Gasteiger charge is 2.19. The molecule has 0 amide bonds. The van der Waals surface area contributed by atoms with Crippen molar-refractivity contribution in [2.75, 3.05) is 6.54 Å². The minimum atomic E-state index is 0.879. The maximum Gasteiger partial charge on any atom is 0.0382 e. The third-order valence-corrected chi connectivity index (χ3v) is 3.25. The Bertz CT molecular complexity index is 180. The third-order valence-electron chi connectivity index (χ3n) is 3.25. The van der Waals surface area contributed by atoms with Crippen molar-refractivity contribution in [3.63, 3.8) is 0 Å². The maximum absolute atomic E-state index is 4.18. The van der Waals surface area contributed by atoms with E-state index < -0.39 is 0 Å². The van der Waals surface area contributed by atoms with Crippen LogP contribution in [0.3, 0.4) is 0 Å². The highest BCUT2D eigenvalue weighted by molar-refractivity contribution is 5.22. The summed E-state index contributed by atoms with van der Waals surface area (Å²) in [4.78, 5) is 3.85. The lowest BCUT2D eigenvalue weighted by atomic mass is 9.78. The van der Waals surface area contributed by atoms with E-state index in [2.05, 4.69) is 18.3 Å². The zero-order chi connectivity index (χ0) is 10.2. The molecule has 1 heteroatoms. The molecule has 1 rings (SSSR count). The summed E-state index contributed by atoms with van der Waals surface area (Å²) in [7, 11) is 0. The molecule has 14 heavy (non-hydrogen) atoms. The summed E-state index contributed by atoms with van der Waals surface area (Å²) in [5, 5.41) is 0. The molecule has 1 fully saturated rings. The topological polar surface area (TPSA) is 12.4 Å². The fraction of sp³-hybridized carbons (Fsp3) is 0.769. The Hall–Kier alpha value is -0.590. The van der Waals surface area contributed by atoms with E-state index in [0.29, 0.717) is 0 Å². The van der Waals surface area contributed by atoms with Gasteiger partial charge in [0.2, 0.25) is 0 Å². The van der Waals surface area contributed by atoms with Crippen LogP contribution in [-0.2, 0) is 0 Å². The highest BCUT2D eigenvalue weighted by Crippen LogP contribution is 2.34. The van der Waals surface area contributed by atoms with Crippen LogP contribution in [0.15, 0.2) is 17.1 Å². The van der Waals surface area contributed by atoms with E-state index in [1.807, 2.05) is 0 Å². The second kappa shape index (κ2) is 6.80. The molecule has 1 aliphatic carbocycles. The Labute approximate surface area is 88.3 Å². The molecule has 1 nitrogen and oxygen atoms in total. The molecule has 0 aromatic rings. The van der Waals surface area contributed by atoms with Crippen molar-refractivity contribution in [3.05, 3.63) is 12.2 Å². The molecule has 0 saturated heterocycles. The van der Waals surface area contributed by atoms with Gasteiger partial charge in [-0.05, 0) is 44.7 Å². The number of aliphatic imine (C=N–C) groups is 1. The van der Waals surface area contributed by atoms with E-state index >= 15 is 0 Å². The van der Waals surface area contributed by atoms with Crippen LogP contribution in [0.5, 0.6) is 0 Å². The quantitative estimate of drug-likeness (QED) is 0.314. The molecular formula is C13H23N. The Morgan fingerprint density at radius 1 is 1.14 bits per heavy atom. The zero-order valence-corrected chi connectivity index (χ0v) is 9.30. The first-order valence-electron chi connectivity index (χ1n) is 5.94. The molecule has 0 N–H and O–H groups in total. The van der Waals surface area contributed by atoms with Crippen LogP contribution in [0.4, 0.5) is 0 Å². The third kappa shape index (κ3) is 4.08. The standard InChI is InChI=1S/C13H23N/c1-12(13-9-7-10-13)8-5-3-4-6-11-14-2/h13H,1-11H2. The summed E-state index contributed by atoms with van der Waals surface area (Å²) in [5.74, 6) is 0.879. The molecule has 0 aromatic heterocycles. The largest absolute Gasteiger partial charge is 0.301 e. The molecule has 0 aliphatic heterocycles. The van der Waals surface area contributed by atoms with Gasteiger partial charge in [0.25, 0.3) is 0 Å². The predicted octanol–water partition coefficient (Wildman–Crippen LogP) is 3.99. The molecule has 0 atom stereocenters. The van der Waals surface area contributed by atoms with Gasteiger partial charge in [-0.2, -0.15) is 0 Å². The Morgan fingerprint density at radius 2 is 1.86 bits per heavy atom. The van der Waals surface area contributed by atoms with Crippen LogP contribution in [0.2, 0.25) is 0 Å². The first-order valence-corrected chi connectivity index (χ1v) is 5.94. The van der Waals surface area contributed by atoms with Gasteiger partial charge in [0.1, 0.15) is 0 Å². The number of allylic oxidation sites excluding steroid dienone is 1. The van der Waals surface area contributed by atoms with Gasteiger partial charge in [0.05, 0.1) is 0 Å². The molecule has 0 unspecified atom stereocenters. The van der Waals surface area contributed by atoms with Crippen molar-refractivity contribution in [2.45, 2.75) is 51.4 Å². The van der Waals surface area contributed by atoms with Gasteiger partial charge in [-0.1, -0.05) is 31.4 Å². The monoisotopic (exact) mass is 193 g/mol. The number of hydrogen-bond acceptors (Lipinski definition) is 1. The smallest absolute Gasteiger partial charge is 0.0382 e. The molecule has 0 aromatic carbocycles. The van der Waals surface area contributed by atoms with Crippen molar-refractivity contribution in [3.8, 4) is 0 Å². The average molecular weight is 193 g/mol. The summed E-state index contributed by atoms with van der Waals surface area (Å²) in [6, 6.07) is 0. The van der Waals surface area contributed by atoms with Gasteiger partial charge < -0.3 is 4.99 Å². The second-order valence-electron chi connectivity index (χ2n) is 4.40. The molecule has 1 aliphatic rings. The van der Waals surface area contributed by atoms with Crippen LogP contribution in [0.1, 0.15) is 51.4 Å². The summed E-state index contributed by atoms with van der Waals surface area (Å²) in [6.45, 7) is 8.60. The SMILES string of the molecule is C=NCCCCCCC(=C)C1CCC1. The summed E-state index contributed by atoms with van der Waals surface area (Å²) in [5.41, 5.74) is 1.51. The minimum Gasteiger partial charge on any atom is -0.301 e. The summed E-state index contributed by atoms with van der Waals surface area (Å²) >= 11 is 0. The molecule has 0 heterocycles. The minimum absolute atomic E-state index is 0.879. The van der Waals surface area contributed by atoms with E-state index in [0.717, 1.165) is 12.5 Å². The summed E-state index contributed by atoms with van der Waals surface area (Å²) < 4.78 is 0. The number of nitrogens with zero attached hydrogens (tertiary/aromatic N) is 1. The Balaban J connectivity index is 1.87. The Morgan fingerprint density at radius 3 is 2.43 bits per heavy atom. The lowest BCUT2D eigenvalue weighted by Gasteiger charge is -2.27. The van der Waals surface area contributed by atoms with Gasteiger partial charge in [0.15, 0.2) is 0 Å². The van der Waals surface area contributed by atoms with Gasteiger partial charge in [-0.15, -0.1) is 0 Å². The van der Waals surface area contributed by atoms with E-state index in [9.17, 15) is 0 Å². The molecule has 0 radical (unpaired) electrons. The molecule has 0 bridgehead atoms. The fourth-order valence-corrected chi connectivity index (χ4v) is 1.95.